The molecule has 2 fully saturated rings. The topological polar surface area (TPSA) is 95.1 Å². The number of imidazole rings is 1. The van der Waals surface area contributed by atoms with Crippen LogP contribution in [0, 0.1) is 0 Å². The summed E-state index contributed by atoms with van der Waals surface area (Å²) >= 11 is 0. The molecule has 11 heteroatoms. The molecule has 2 aliphatic heterocycles. The predicted molar refractivity (Wildman–Crippen MR) is 141 cm³/mol. The normalized spacial score (nSPS) is 18.4. The number of aromatic amines is 1. The molecule has 9 nitrogen and oxygen atoms in total. The Morgan fingerprint density at radius 2 is 1.89 bits per heavy atom. The molecule has 3 aromatic heterocycles. The third-order valence-corrected chi connectivity index (χ3v) is 7.31. The summed E-state index contributed by atoms with van der Waals surface area (Å²) in [7, 11) is 1.50. The number of aromatic nitrogens is 5. The quantitative estimate of drug-likeness (QED) is 0.383. The summed E-state index contributed by atoms with van der Waals surface area (Å²) < 4.78 is 32.5. The second kappa shape index (κ2) is 9.88. The number of pyridine rings is 1. The number of H-pyrrole nitrogens is 1. The van der Waals surface area contributed by atoms with E-state index in [2.05, 4.69) is 49.2 Å². The molecule has 2 saturated heterocycles. The van der Waals surface area contributed by atoms with Crippen molar-refractivity contribution in [3.8, 4) is 17.0 Å². The van der Waals surface area contributed by atoms with Crippen molar-refractivity contribution < 1.29 is 13.5 Å². The number of benzene rings is 1. The van der Waals surface area contributed by atoms with E-state index >= 15 is 0 Å². The predicted octanol–water partition coefficient (Wildman–Crippen LogP) is 3.44. The first-order valence-electron chi connectivity index (χ1n) is 12.8. The molecule has 5 heterocycles. The first-order valence-corrected chi connectivity index (χ1v) is 12.8. The molecule has 6 rings (SSSR count). The Morgan fingerprint density at radius 1 is 1.08 bits per heavy atom. The SMILES string of the molecule is COc1c(-c2ccc3nc(Cc4cc(C(C)N5CCNCC5)ccn4)[nH]c3c2)ncnc1N1CC(F)(F)C1. The van der Waals surface area contributed by atoms with E-state index in [1.165, 1.54) is 23.9 Å². The van der Waals surface area contributed by atoms with Gasteiger partial charge in [-0.1, -0.05) is 6.07 Å². The fraction of sp³-hybridized carbons (Fsp3) is 0.407. The minimum absolute atomic E-state index is 0.326. The number of hydrogen-bond acceptors (Lipinski definition) is 8. The maximum atomic E-state index is 13.5. The van der Waals surface area contributed by atoms with E-state index in [4.69, 9.17) is 9.72 Å². The minimum Gasteiger partial charge on any atom is -0.491 e. The summed E-state index contributed by atoms with van der Waals surface area (Å²) in [4.78, 5) is 25.4. The van der Waals surface area contributed by atoms with E-state index < -0.39 is 5.92 Å². The van der Waals surface area contributed by atoms with E-state index in [-0.39, 0.29) is 13.1 Å². The molecular weight excluding hydrogens is 490 g/mol. The second-order valence-electron chi connectivity index (χ2n) is 9.93. The van der Waals surface area contributed by atoms with Gasteiger partial charge >= 0.3 is 0 Å². The Balaban J connectivity index is 1.24. The van der Waals surface area contributed by atoms with Crippen molar-refractivity contribution >= 4 is 16.9 Å². The van der Waals surface area contributed by atoms with Crippen LogP contribution in [-0.4, -0.2) is 82.1 Å². The van der Waals surface area contributed by atoms with Gasteiger partial charge in [-0.2, -0.15) is 0 Å². The van der Waals surface area contributed by atoms with Crippen molar-refractivity contribution in [1.82, 2.24) is 35.1 Å². The standard InChI is InChI=1S/C27H30F2N8O/c1-17(36-9-7-30-8-10-36)18-5-6-31-20(11-18)13-23-34-21-4-3-19(12-22(21)35-23)24-25(38-2)26(33-16-32-24)37-14-27(28,29)15-37/h3-6,11-12,16-17,30H,7-10,13-15H2,1-2H3,(H,34,35). The number of nitrogens with one attached hydrogen (secondary N) is 2. The van der Waals surface area contributed by atoms with Gasteiger partial charge in [0.25, 0.3) is 5.92 Å². The number of hydrogen-bond donors (Lipinski definition) is 2. The zero-order valence-corrected chi connectivity index (χ0v) is 21.4. The van der Waals surface area contributed by atoms with Gasteiger partial charge < -0.3 is 19.9 Å². The molecule has 0 aliphatic carbocycles. The molecule has 198 valence electrons. The fourth-order valence-corrected chi connectivity index (χ4v) is 5.24. The number of methoxy groups -OCH3 is 1. The molecule has 2 N–H and O–H groups in total. The molecule has 2 aliphatic rings. The number of fused-ring (bicyclic) bond motifs is 1. The molecule has 0 spiro atoms. The Hall–Kier alpha value is -3.70. The maximum absolute atomic E-state index is 13.5. The summed E-state index contributed by atoms with van der Waals surface area (Å²) in [5.41, 5.74) is 5.21. The highest BCUT2D eigenvalue weighted by Gasteiger charge is 2.45. The Kier molecular flexibility index (Phi) is 6.40. The van der Waals surface area contributed by atoms with Gasteiger partial charge in [0.2, 0.25) is 0 Å². The van der Waals surface area contributed by atoms with Crippen LogP contribution >= 0.6 is 0 Å². The van der Waals surface area contributed by atoms with Gasteiger partial charge in [0.1, 0.15) is 17.8 Å². The lowest BCUT2D eigenvalue weighted by atomic mass is 10.1. The van der Waals surface area contributed by atoms with Crippen molar-refractivity contribution in [2.24, 2.45) is 0 Å². The minimum atomic E-state index is -2.71. The molecule has 1 atom stereocenters. The summed E-state index contributed by atoms with van der Waals surface area (Å²) in [5, 5.41) is 3.40. The van der Waals surface area contributed by atoms with Gasteiger partial charge in [-0.25, -0.2) is 23.7 Å². The van der Waals surface area contributed by atoms with Gasteiger partial charge in [0.15, 0.2) is 11.6 Å². The highest BCUT2D eigenvalue weighted by atomic mass is 19.3. The number of anilines is 1. The van der Waals surface area contributed by atoms with E-state index in [1.54, 1.807) is 0 Å². The van der Waals surface area contributed by atoms with Crippen LogP contribution in [0.3, 0.4) is 0 Å². The third-order valence-electron chi connectivity index (χ3n) is 7.31. The van der Waals surface area contributed by atoms with E-state index in [0.717, 1.165) is 54.3 Å². The van der Waals surface area contributed by atoms with Crippen LogP contribution in [0.5, 0.6) is 5.75 Å². The molecule has 0 radical (unpaired) electrons. The first kappa shape index (κ1) is 24.6. The molecule has 0 amide bonds. The summed E-state index contributed by atoms with van der Waals surface area (Å²) in [6.45, 7) is 5.58. The summed E-state index contributed by atoms with van der Waals surface area (Å²) in [6.07, 6.45) is 3.83. The molecule has 1 aromatic carbocycles. The van der Waals surface area contributed by atoms with Crippen molar-refractivity contribution in [3.63, 3.8) is 0 Å². The highest BCUT2D eigenvalue weighted by Crippen LogP contribution is 2.40. The number of nitrogens with zero attached hydrogens (tertiary/aromatic N) is 6. The van der Waals surface area contributed by atoms with E-state index in [1.807, 2.05) is 24.4 Å². The van der Waals surface area contributed by atoms with Gasteiger partial charge in [-0.15, -0.1) is 0 Å². The van der Waals surface area contributed by atoms with Crippen molar-refractivity contribution in [2.45, 2.75) is 25.3 Å². The fourth-order valence-electron chi connectivity index (χ4n) is 5.24. The van der Waals surface area contributed by atoms with Crippen LogP contribution in [0.2, 0.25) is 0 Å². The largest absolute Gasteiger partial charge is 0.491 e. The molecule has 38 heavy (non-hydrogen) atoms. The average molecular weight is 521 g/mol. The Labute approximate surface area is 219 Å². The van der Waals surface area contributed by atoms with Crippen molar-refractivity contribution in [1.29, 1.82) is 0 Å². The van der Waals surface area contributed by atoms with Crippen LogP contribution in [0.4, 0.5) is 14.6 Å². The number of rotatable bonds is 7. The average Bonchev–Trinajstić information content (AvgIpc) is 3.32. The van der Waals surface area contributed by atoms with Crippen LogP contribution in [0.15, 0.2) is 42.9 Å². The Bertz CT molecular complexity index is 1440. The van der Waals surface area contributed by atoms with Crippen LogP contribution in [-0.2, 0) is 6.42 Å². The molecule has 0 bridgehead atoms. The monoisotopic (exact) mass is 520 g/mol. The highest BCUT2D eigenvalue weighted by molar-refractivity contribution is 5.84. The van der Waals surface area contributed by atoms with Gasteiger partial charge in [-0.3, -0.25) is 9.88 Å². The van der Waals surface area contributed by atoms with Crippen LogP contribution in [0.1, 0.15) is 30.0 Å². The summed E-state index contributed by atoms with van der Waals surface area (Å²) in [6, 6.07) is 10.3. The lowest BCUT2D eigenvalue weighted by molar-refractivity contribution is -0.0269. The molecule has 4 aromatic rings. The summed E-state index contributed by atoms with van der Waals surface area (Å²) in [5.74, 6) is -1.15. The van der Waals surface area contributed by atoms with Crippen molar-refractivity contribution in [2.75, 3.05) is 51.3 Å². The van der Waals surface area contributed by atoms with E-state index in [0.29, 0.717) is 29.7 Å². The molecule has 1 unspecified atom stereocenters. The van der Waals surface area contributed by atoms with Crippen molar-refractivity contribution in [3.05, 3.63) is 59.9 Å². The maximum Gasteiger partial charge on any atom is 0.282 e. The van der Waals surface area contributed by atoms with E-state index in [9.17, 15) is 8.78 Å². The Morgan fingerprint density at radius 3 is 2.66 bits per heavy atom. The smallest absolute Gasteiger partial charge is 0.282 e. The second-order valence-corrected chi connectivity index (χ2v) is 9.93. The number of alkyl halides is 2. The van der Waals surface area contributed by atoms with Crippen LogP contribution in [0.25, 0.3) is 22.3 Å². The number of piperazine rings is 1. The van der Waals surface area contributed by atoms with Gasteiger partial charge in [-0.05, 0) is 36.8 Å². The lowest BCUT2D eigenvalue weighted by Gasteiger charge is -2.40. The zero-order valence-electron chi connectivity index (χ0n) is 21.4. The first-order chi connectivity index (χ1) is 18.4. The van der Waals surface area contributed by atoms with Crippen LogP contribution < -0.4 is 15.0 Å². The lowest BCUT2D eigenvalue weighted by Crippen LogP contribution is -2.56. The molecule has 0 saturated carbocycles. The molecular formula is C27H30F2N8O. The number of ether oxygens (including phenoxy) is 1. The number of halogens is 2. The zero-order chi connectivity index (χ0) is 26.3. The third kappa shape index (κ3) is 4.79. The van der Waals surface area contributed by atoms with Gasteiger partial charge in [0, 0.05) is 56.1 Å². The van der Waals surface area contributed by atoms with Gasteiger partial charge in [0.05, 0.1) is 31.2 Å².